The van der Waals surface area contributed by atoms with Gasteiger partial charge in [0.25, 0.3) is 0 Å². The van der Waals surface area contributed by atoms with E-state index in [1.165, 1.54) is 22.7 Å². The van der Waals surface area contributed by atoms with Gasteiger partial charge in [-0.25, -0.2) is 0 Å². The quantitative estimate of drug-likeness (QED) is 0.746. The lowest BCUT2D eigenvalue weighted by atomic mass is 10.2. The van der Waals surface area contributed by atoms with E-state index in [1.807, 2.05) is 11.4 Å². The number of thiophene rings is 2. The molecule has 0 fully saturated rings. The van der Waals surface area contributed by atoms with Gasteiger partial charge in [-0.15, -0.1) is 22.7 Å². The first-order chi connectivity index (χ1) is 7.46. The second kappa shape index (κ2) is 4.18. The summed E-state index contributed by atoms with van der Waals surface area (Å²) in [6.45, 7) is 0. The number of rotatable bonds is 3. The van der Waals surface area contributed by atoms with E-state index >= 15 is 0 Å². The molecule has 0 aliphatic heterocycles. The third kappa shape index (κ3) is 2.62. The average molecular weight is 264 g/mol. The van der Waals surface area contributed by atoms with Gasteiger partial charge in [-0.3, -0.25) is 4.79 Å². The van der Waals surface area contributed by atoms with Crippen LogP contribution in [-0.4, -0.2) is 12.0 Å². The van der Waals surface area contributed by atoms with E-state index in [1.54, 1.807) is 6.07 Å². The Labute approximate surface area is 97.5 Å². The summed E-state index contributed by atoms with van der Waals surface area (Å²) in [4.78, 5) is 11.9. The molecule has 0 unspecified atom stereocenters. The van der Waals surface area contributed by atoms with Crippen molar-refractivity contribution in [2.75, 3.05) is 0 Å². The predicted molar refractivity (Wildman–Crippen MR) is 59.3 cm³/mol. The van der Waals surface area contributed by atoms with Gasteiger partial charge in [0.05, 0.1) is 11.3 Å². The highest BCUT2D eigenvalue weighted by Gasteiger charge is 2.28. The largest absolute Gasteiger partial charge is 0.389 e. The fourth-order valence-electron chi connectivity index (χ4n) is 1.28. The van der Waals surface area contributed by atoms with Gasteiger partial charge >= 0.3 is 6.18 Å². The van der Waals surface area contributed by atoms with Crippen LogP contribution in [0.15, 0.2) is 17.5 Å². The van der Waals surface area contributed by atoms with E-state index in [2.05, 4.69) is 0 Å². The molecular formula is C10H7F3OS2. The molecular weight excluding hydrogens is 257 g/mol. The minimum Gasteiger partial charge on any atom is -0.293 e. The zero-order valence-electron chi connectivity index (χ0n) is 8.00. The highest BCUT2D eigenvalue weighted by molar-refractivity contribution is 7.27. The molecule has 0 aliphatic rings. The summed E-state index contributed by atoms with van der Waals surface area (Å²) in [6, 6.07) is 3.54. The molecule has 2 aromatic heterocycles. The van der Waals surface area contributed by atoms with E-state index in [4.69, 9.17) is 0 Å². The number of alkyl halides is 3. The number of ketones is 1. The molecule has 0 spiro atoms. The molecule has 0 atom stereocenters. The van der Waals surface area contributed by atoms with E-state index in [9.17, 15) is 18.0 Å². The van der Waals surface area contributed by atoms with Crippen LogP contribution in [0.2, 0.25) is 0 Å². The van der Waals surface area contributed by atoms with Gasteiger partial charge in [-0.05, 0) is 17.5 Å². The van der Waals surface area contributed by atoms with Gasteiger partial charge in [0.2, 0.25) is 0 Å². The molecule has 0 N–H and O–H groups in total. The van der Waals surface area contributed by atoms with Crippen molar-refractivity contribution in [3.8, 4) is 0 Å². The van der Waals surface area contributed by atoms with Crippen molar-refractivity contribution in [2.24, 2.45) is 0 Å². The maximum Gasteiger partial charge on any atom is 0.389 e. The molecule has 2 aromatic rings. The van der Waals surface area contributed by atoms with Gasteiger partial charge < -0.3 is 0 Å². The van der Waals surface area contributed by atoms with E-state index in [-0.39, 0.29) is 0 Å². The first-order valence-corrected chi connectivity index (χ1v) is 6.22. The van der Waals surface area contributed by atoms with E-state index in [0.717, 1.165) is 9.40 Å². The Kier molecular flexibility index (Phi) is 3.03. The summed E-state index contributed by atoms with van der Waals surface area (Å²) in [5.74, 6) is -0.425. The van der Waals surface area contributed by atoms with Gasteiger partial charge in [0.15, 0.2) is 5.78 Å². The van der Waals surface area contributed by atoms with Gasteiger partial charge in [-0.2, -0.15) is 13.2 Å². The summed E-state index contributed by atoms with van der Waals surface area (Å²) in [6.07, 6.45) is -5.76. The number of carbonyl (C=O) groups excluding carboxylic acids is 1. The van der Waals surface area contributed by atoms with Crippen molar-refractivity contribution in [2.45, 2.75) is 19.0 Å². The molecule has 0 aliphatic carbocycles. The normalized spacial score (nSPS) is 12.2. The average Bonchev–Trinajstić information content (AvgIpc) is 2.71. The summed E-state index contributed by atoms with van der Waals surface area (Å²) in [5, 5.41) is 1.89. The molecule has 2 heterocycles. The van der Waals surface area contributed by atoms with Gasteiger partial charge in [-0.1, -0.05) is 0 Å². The molecule has 1 nitrogen and oxygen atoms in total. The SMILES string of the molecule is O=C(CCC(F)(F)F)c1cc2sccc2s1. The summed E-state index contributed by atoms with van der Waals surface area (Å²) < 4.78 is 37.7. The first-order valence-electron chi connectivity index (χ1n) is 4.53. The topological polar surface area (TPSA) is 17.1 Å². The van der Waals surface area contributed by atoms with E-state index in [0.29, 0.717) is 4.88 Å². The van der Waals surface area contributed by atoms with Crippen LogP contribution in [0.3, 0.4) is 0 Å². The van der Waals surface area contributed by atoms with Crippen molar-refractivity contribution in [1.82, 2.24) is 0 Å². The molecule has 0 saturated heterocycles. The maximum atomic E-state index is 11.9. The number of Topliss-reactive ketones (excluding diaryl/α,β-unsaturated/α-hetero) is 1. The Morgan fingerprint density at radius 2 is 2.06 bits per heavy atom. The van der Waals surface area contributed by atoms with Crippen molar-refractivity contribution >= 4 is 37.9 Å². The smallest absolute Gasteiger partial charge is 0.293 e. The molecule has 2 rings (SSSR count). The lowest BCUT2D eigenvalue weighted by Gasteiger charge is -2.03. The second-order valence-corrected chi connectivity index (χ2v) is 5.33. The highest BCUT2D eigenvalue weighted by atomic mass is 32.1. The van der Waals surface area contributed by atoms with Crippen LogP contribution in [0.4, 0.5) is 13.2 Å². The Morgan fingerprint density at radius 1 is 1.31 bits per heavy atom. The molecule has 6 heteroatoms. The number of hydrogen-bond donors (Lipinski definition) is 0. The Bertz CT molecular complexity index is 481. The minimum atomic E-state index is -4.26. The summed E-state index contributed by atoms with van der Waals surface area (Å²) >= 11 is 2.74. The Balaban J connectivity index is 2.08. The van der Waals surface area contributed by atoms with Crippen LogP contribution >= 0.6 is 22.7 Å². The van der Waals surface area contributed by atoms with Crippen molar-refractivity contribution in [1.29, 1.82) is 0 Å². The molecule has 0 bridgehead atoms. The Morgan fingerprint density at radius 3 is 2.69 bits per heavy atom. The maximum absolute atomic E-state index is 11.9. The molecule has 0 aromatic carbocycles. The zero-order valence-corrected chi connectivity index (χ0v) is 9.64. The van der Waals surface area contributed by atoms with Crippen LogP contribution in [0.1, 0.15) is 22.5 Å². The monoisotopic (exact) mass is 264 g/mol. The number of halogens is 3. The first kappa shape index (κ1) is 11.6. The standard InChI is InChI=1S/C10H7F3OS2/c11-10(12,13)3-1-6(14)8-5-9-7(16-8)2-4-15-9/h2,4-5H,1,3H2. The van der Waals surface area contributed by atoms with Gasteiger partial charge in [0, 0.05) is 15.8 Å². The summed E-state index contributed by atoms with van der Waals surface area (Å²) in [5.41, 5.74) is 0. The molecule has 16 heavy (non-hydrogen) atoms. The molecule has 0 radical (unpaired) electrons. The highest BCUT2D eigenvalue weighted by Crippen LogP contribution is 2.31. The van der Waals surface area contributed by atoms with Crippen molar-refractivity contribution < 1.29 is 18.0 Å². The third-order valence-electron chi connectivity index (χ3n) is 2.05. The number of hydrogen-bond acceptors (Lipinski definition) is 3. The fraction of sp³-hybridized carbons (Fsp3) is 0.300. The van der Waals surface area contributed by atoms with Crippen LogP contribution < -0.4 is 0 Å². The van der Waals surface area contributed by atoms with Crippen molar-refractivity contribution in [3.05, 3.63) is 22.4 Å². The van der Waals surface area contributed by atoms with E-state index < -0.39 is 24.8 Å². The number of carbonyl (C=O) groups is 1. The fourth-order valence-corrected chi connectivity index (χ4v) is 3.36. The third-order valence-corrected chi connectivity index (χ3v) is 4.18. The minimum absolute atomic E-state index is 0.422. The van der Waals surface area contributed by atoms with Crippen LogP contribution in [0.25, 0.3) is 9.40 Å². The second-order valence-electron chi connectivity index (χ2n) is 3.30. The lowest BCUT2D eigenvalue weighted by Crippen LogP contribution is -2.10. The summed E-state index contributed by atoms with van der Waals surface area (Å²) in [7, 11) is 0. The zero-order chi connectivity index (χ0) is 11.8. The molecule has 0 saturated carbocycles. The molecule has 86 valence electrons. The van der Waals surface area contributed by atoms with Gasteiger partial charge in [0.1, 0.15) is 0 Å². The van der Waals surface area contributed by atoms with Crippen molar-refractivity contribution in [3.63, 3.8) is 0 Å². The van der Waals surface area contributed by atoms with Crippen LogP contribution in [0, 0.1) is 0 Å². The Hall–Kier alpha value is -0.880. The van der Waals surface area contributed by atoms with Crippen LogP contribution in [0.5, 0.6) is 0 Å². The lowest BCUT2D eigenvalue weighted by molar-refractivity contribution is -0.133. The predicted octanol–water partition coefficient (Wildman–Crippen LogP) is 4.49. The molecule has 0 amide bonds. The van der Waals surface area contributed by atoms with Crippen LogP contribution in [-0.2, 0) is 0 Å². The number of fused-ring (bicyclic) bond motifs is 1.